The van der Waals surface area contributed by atoms with Gasteiger partial charge in [-0.25, -0.2) is 4.79 Å². The summed E-state index contributed by atoms with van der Waals surface area (Å²) in [6.45, 7) is 12.4. The van der Waals surface area contributed by atoms with Crippen molar-refractivity contribution in [1.82, 2.24) is 15.5 Å². The van der Waals surface area contributed by atoms with E-state index in [4.69, 9.17) is 10.5 Å². The van der Waals surface area contributed by atoms with Gasteiger partial charge in [0, 0.05) is 12.6 Å². The van der Waals surface area contributed by atoms with E-state index in [1.165, 1.54) is 35.2 Å². The summed E-state index contributed by atoms with van der Waals surface area (Å²) in [5.41, 5.74) is 4.93. The molecule has 4 amide bonds. The molecule has 0 saturated carbocycles. The highest BCUT2D eigenvalue weighted by Crippen LogP contribution is 2.25. The first-order valence-electron chi connectivity index (χ1n) is 11.6. The van der Waals surface area contributed by atoms with Crippen molar-refractivity contribution in [2.75, 3.05) is 6.54 Å². The normalized spacial score (nSPS) is 13.6. The summed E-state index contributed by atoms with van der Waals surface area (Å²) in [4.78, 5) is 52.3. The predicted molar refractivity (Wildman–Crippen MR) is 132 cm³/mol. The highest BCUT2D eigenvalue weighted by molar-refractivity contribution is 5.94. The van der Waals surface area contributed by atoms with Gasteiger partial charge < -0.3 is 31.1 Å². The number of phenols is 1. The first-order valence-corrected chi connectivity index (χ1v) is 11.6. The Labute approximate surface area is 206 Å². The lowest BCUT2D eigenvalue weighted by molar-refractivity contribution is -0.143. The molecule has 3 atom stereocenters. The van der Waals surface area contributed by atoms with Crippen LogP contribution in [0.15, 0.2) is 36.9 Å². The molecule has 0 saturated heterocycles. The van der Waals surface area contributed by atoms with E-state index in [1.54, 1.807) is 20.8 Å². The van der Waals surface area contributed by atoms with E-state index < -0.39 is 47.9 Å². The molecule has 1 aromatic rings. The van der Waals surface area contributed by atoms with E-state index in [1.807, 2.05) is 13.8 Å². The molecule has 0 aliphatic rings. The van der Waals surface area contributed by atoms with Crippen LogP contribution in [0.2, 0.25) is 0 Å². The summed E-state index contributed by atoms with van der Waals surface area (Å²) in [6.07, 6.45) is 1.61. The van der Waals surface area contributed by atoms with Crippen LogP contribution in [-0.2, 0) is 19.1 Å². The van der Waals surface area contributed by atoms with Crippen LogP contribution in [0.4, 0.5) is 4.79 Å². The number of benzene rings is 1. The number of nitrogens with zero attached hydrogens (tertiary/aromatic N) is 1. The Balaban J connectivity index is 3.42. The lowest BCUT2D eigenvalue weighted by atomic mass is 10.0. The number of hydrogen-bond donors (Lipinski definition) is 4. The molecule has 0 bridgehead atoms. The van der Waals surface area contributed by atoms with Gasteiger partial charge in [0.1, 0.15) is 23.4 Å². The number of carbonyl (C=O) groups excluding carboxylic acids is 4. The molecule has 0 spiro atoms. The summed E-state index contributed by atoms with van der Waals surface area (Å²) in [5, 5.41) is 15.0. The quantitative estimate of drug-likeness (QED) is 0.331. The summed E-state index contributed by atoms with van der Waals surface area (Å²) in [5.74, 6) is -2.00. The van der Waals surface area contributed by atoms with Crippen molar-refractivity contribution < 1.29 is 29.0 Å². The second-order valence-corrected chi connectivity index (χ2v) is 9.34. The largest absolute Gasteiger partial charge is 0.508 e. The molecule has 0 aliphatic carbocycles. The number of phenolic OH excluding ortho intramolecular Hbond substituents is 1. The van der Waals surface area contributed by atoms with Crippen LogP contribution in [-0.4, -0.2) is 58.1 Å². The topological polar surface area (TPSA) is 151 Å². The van der Waals surface area contributed by atoms with E-state index in [9.17, 15) is 24.3 Å². The van der Waals surface area contributed by atoms with Crippen LogP contribution in [0.25, 0.3) is 0 Å². The number of ether oxygens (including phenoxy) is 1. The van der Waals surface area contributed by atoms with Gasteiger partial charge in [0.2, 0.25) is 17.7 Å². The zero-order valence-corrected chi connectivity index (χ0v) is 21.2. The number of carbonyl (C=O) groups is 4. The molecule has 35 heavy (non-hydrogen) atoms. The van der Waals surface area contributed by atoms with Crippen LogP contribution in [0.1, 0.15) is 65.5 Å². The van der Waals surface area contributed by atoms with Gasteiger partial charge in [-0.15, -0.1) is 6.58 Å². The lowest BCUT2D eigenvalue weighted by Crippen LogP contribution is -2.54. The van der Waals surface area contributed by atoms with Crippen LogP contribution in [0.5, 0.6) is 5.75 Å². The van der Waals surface area contributed by atoms with Crippen molar-refractivity contribution in [3.8, 4) is 5.75 Å². The van der Waals surface area contributed by atoms with Crippen molar-refractivity contribution in [2.45, 2.75) is 77.6 Å². The molecule has 0 fully saturated rings. The molecule has 0 aliphatic heterocycles. The molecule has 1 rings (SSSR count). The van der Waals surface area contributed by atoms with Crippen LogP contribution in [0.3, 0.4) is 0 Å². The van der Waals surface area contributed by atoms with Gasteiger partial charge in [-0.3, -0.25) is 14.4 Å². The second-order valence-electron chi connectivity index (χ2n) is 9.34. The lowest BCUT2D eigenvalue weighted by Gasteiger charge is -2.34. The number of amides is 4. The van der Waals surface area contributed by atoms with E-state index in [0.29, 0.717) is 5.56 Å². The molecule has 0 heterocycles. The number of primary amides is 1. The molecule has 0 aromatic heterocycles. The first kappa shape index (κ1) is 29.5. The first-order chi connectivity index (χ1) is 16.3. The minimum atomic E-state index is -1.37. The Hall–Kier alpha value is -3.56. The zero-order valence-electron chi connectivity index (χ0n) is 21.2. The fourth-order valence-corrected chi connectivity index (χ4v) is 3.47. The number of aromatic hydroxyl groups is 1. The molecule has 0 radical (unpaired) electrons. The van der Waals surface area contributed by atoms with Crippen LogP contribution < -0.4 is 16.4 Å². The second kappa shape index (κ2) is 13.4. The van der Waals surface area contributed by atoms with Crippen LogP contribution in [0, 0.1) is 0 Å². The summed E-state index contributed by atoms with van der Waals surface area (Å²) >= 11 is 0. The standard InChI is InChI=1S/C25H38N4O6/c1-7-9-16(3)27-22(32)21(17-10-12-18(30)13-11-17)29(14-8-2)23(33)19(15-20(26)31)28-24(34)35-25(4,5)6/h8,10-13,16,19,21,30H,2,7,9,14-15H2,1,3-6H3,(H2,26,31)(H,27,32)(H,28,34). The summed E-state index contributed by atoms with van der Waals surface area (Å²) in [7, 11) is 0. The van der Waals surface area contributed by atoms with E-state index in [0.717, 1.165) is 12.8 Å². The highest BCUT2D eigenvalue weighted by atomic mass is 16.6. The van der Waals surface area contributed by atoms with Crippen molar-refractivity contribution in [2.24, 2.45) is 5.73 Å². The Morgan fingerprint density at radius 2 is 1.77 bits per heavy atom. The molecule has 1 aromatic carbocycles. The van der Waals surface area contributed by atoms with E-state index in [2.05, 4.69) is 17.2 Å². The van der Waals surface area contributed by atoms with Crippen molar-refractivity contribution in [3.63, 3.8) is 0 Å². The summed E-state index contributed by atoms with van der Waals surface area (Å²) < 4.78 is 5.22. The third-order valence-corrected chi connectivity index (χ3v) is 4.88. The highest BCUT2D eigenvalue weighted by Gasteiger charge is 2.36. The van der Waals surface area contributed by atoms with Crippen molar-refractivity contribution in [3.05, 3.63) is 42.5 Å². The maximum atomic E-state index is 13.6. The van der Waals surface area contributed by atoms with Gasteiger partial charge >= 0.3 is 6.09 Å². The van der Waals surface area contributed by atoms with E-state index >= 15 is 0 Å². The Kier molecular flexibility index (Phi) is 11.2. The van der Waals surface area contributed by atoms with Gasteiger partial charge in [0.25, 0.3) is 0 Å². The minimum absolute atomic E-state index is 0.00736. The maximum Gasteiger partial charge on any atom is 0.408 e. The van der Waals surface area contributed by atoms with E-state index in [-0.39, 0.29) is 18.3 Å². The molecule has 3 unspecified atom stereocenters. The van der Waals surface area contributed by atoms with Gasteiger partial charge in [-0.1, -0.05) is 31.6 Å². The van der Waals surface area contributed by atoms with Gasteiger partial charge in [0.05, 0.1) is 6.42 Å². The Morgan fingerprint density at radius 1 is 1.17 bits per heavy atom. The monoisotopic (exact) mass is 490 g/mol. The zero-order chi connectivity index (χ0) is 26.8. The molecule has 10 heteroatoms. The fourth-order valence-electron chi connectivity index (χ4n) is 3.47. The van der Waals surface area contributed by atoms with Crippen molar-refractivity contribution in [1.29, 1.82) is 0 Å². The third-order valence-electron chi connectivity index (χ3n) is 4.88. The van der Waals surface area contributed by atoms with Crippen molar-refractivity contribution >= 4 is 23.8 Å². The Morgan fingerprint density at radius 3 is 2.26 bits per heavy atom. The SMILES string of the molecule is C=CCN(C(=O)C(CC(N)=O)NC(=O)OC(C)(C)C)C(C(=O)NC(C)CCC)c1ccc(O)cc1. The number of alkyl carbamates (subject to hydrolysis) is 1. The molecule has 194 valence electrons. The predicted octanol–water partition coefficient (Wildman–Crippen LogP) is 2.52. The average Bonchev–Trinajstić information content (AvgIpc) is 2.72. The molecular weight excluding hydrogens is 452 g/mol. The fraction of sp³-hybridized carbons (Fsp3) is 0.520. The smallest absolute Gasteiger partial charge is 0.408 e. The Bertz CT molecular complexity index is 894. The van der Waals surface area contributed by atoms with Gasteiger partial charge in [-0.05, 0) is 51.8 Å². The van der Waals surface area contributed by atoms with Gasteiger partial charge in [-0.2, -0.15) is 0 Å². The molecule has 10 nitrogen and oxygen atoms in total. The third kappa shape index (κ3) is 10.1. The molecule has 5 N–H and O–H groups in total. The molecular formula is C25H38N4O6. The number of hydrogen-bond acceptors (Lipinski definition) is 6. The van der Waals surface area contributed by atoms with Gasteiger partial charge in [0.15, 0.2) is 0 Å². The number of nitrogens with two attached hydrogens (primary N) is 1. The van der Waals surface area contributed by atoms with Crippen LogP contribution >= 0.6 is 0 Å². The summed E-state index contributed by atoms with van der Waals surface area (Å²) in [6, 6.07) is 3.20. The number of rotatable bonds is 12. The maximum absolute atomic E-state index is 13.6. The minimum Gasteiger partial charge on any atom is -0.508 e. The average molecular weight is 491 g/mol. The number of nitrogens with one attached hydrogen (secondary N) is 2.